The van der Waals surface area contributed by atoms with Crippen molar-refractivity contribution in [3.8, 4) is 5.69 Å². The molecule has 0 radical (unpaired) electrons. The van der Waals surface area contributed by atoms with Crippen molar-refractivity contribution >= 4 is 46.6 Å². The molecule has 2 aliphatic heterocycles. The standard InChI is InChI=1S/C24H22ClN5O3S/c25-22-18(15-26-30(24(22)33)16-6-2-1-3-7-16)28-10-12-29(13-11-28)21(31)14-20-23(32)27-17-8-4-5-9-19(17)34-20/h1-9,15,20H,10-14H2,(H,27,32)/t20-/m0/s1. The summed E-state index contributed by atoms with van der Waals surface area (Å²) in [5, 5.41) is 6.83. The Labute approximate surface area is 205 Å². The average molecular weight is 496 g/mol. The molecule has 2 amide bonds. The molecule has 34 heavy (non-hydrogen) atoms. The van der Waals surface area contributed by atoms with E-state index in [2.05, 4.69) is 10.4 Å². The Morgan fingerprint density at radius 2 is 1.74 bits per heavy atom. The van der Waals surface area contributed by atoms with Gasteiger partial charge in [0.25, 0.3) is 5.56 Å². The number of anilines is 2. The summed E-state index contributed by atoms with van der Waals surface area (Å²) in [6.45, 7) is 2.00. The summed E-state index contributed by atoms with van der Waals surface area (Å²) in [7, 11) is 0. The average Bonchev–Trinajstić information content (AvgIpc) is 2.87. The summed E-state index contributed by atoms with van der Waals surface area (Å²) < 4.78 is 1.27. The molecule has 3 aromatic rings. The van der Waals surface area contributed by atoms with Crippen molar-refractivity contribution < 1.29 is 9.59 Å². The van der Waals surface area contributed by atoms with E-state index in [1.54, 1.807) is 23.2 Å². The number of benzene rings is 2. The predicted octanol–water partition coefficient (Wildman–Crippen LogP) is 3.04. The van der Waals surface area contributed by atoms with Crippen molar-refractivity contribution in [2.45, 2.75) is 16.6 Å². The minimum absolute atomic E-state index is 0.0598. The highest BCUT2D eigenvalue weighted by atomic mass is 35.5. The fourth-order valence-corrected chi connectivity index (χ4v) is 5.46. The van der Waals surface area contributed by atoms with Gasteiger partial charge in [0.1, 0.15) is 5.02 Å². The van der Waals surface area contributed by atoms with Crippen molar-refractivity contribution in [3.05, 3.63) is 76.2 Å². The Hall–Kier alpha value is -3.30. The van der Waals surface area contributed by atoms with Crippen LogP contribution in [0.2, 0.25) is 5.02 Å². The number of para-hydroxylation sites is 2. The fraction of sp³-hybridized carbons (Fsp3) is 0.250. The van der Waals surface area contributed by atoms with Gasteiger partial charge in [0.2, 0.25) is 11.8 Å². The second kappa shape index (κ2) is 9.52. The maximum atomic E-state index is 12.9. The molecular weight excluding hydrogens is 474 g/mol. The number of hydrogen-bond acceptors (Lipinski definition) is 6. The van der Waals surface area contributed by atoms with Crippen molar-refractivity contribution in [1.82, 2.24) is 14.7 Å². The highest BCUT2D eigenvalue weighted by Crippen LogP contribution is 2.37. The van der Waals surface area contributed by atoms with Gasteiger partial charge in [0.15, 0.2) is 0 Å². The Kier molecular flexibility index (Phi) is 6.30. The Morgan fingerprint density at radius 3 is 2.50 bits per heavy atom. The Balaban J connectivity index is 1.22. The van der Waals surface area contributed by atoms with Crippen molar-refractivity contribution in [2.75, 3.05) is 36.4 Å². The van der Waals surface area contributed by atoms with E-state index in [0.717, 1.165) is 10.6 Å². The van der Waals surface area contributed by atoms with Gasteiger partial charge >= 0.3 is 0 Å². The number of fused-ring (bicyclic) bond motifs is 1. The van der Waals surface area contributed by atoms with Gasteiger partial charge < -0.3 is 15.1 Å². The second-order valence-electron chi connectivity index (χ2n) is 8.06. The number of carbonyl (C=O) groups excluding carboxylic acids is 2. The molecule has 3 heterocycles. The maximum absolute atomic E-state index is 12.9. The van der Waals surface area contributed by atoms with Crippen LogP contribution in [0.3, 0.4) is 0 Å². The molecule has 0 aliphatic carbocycles. The van der Waals surface area contributed by atoms with Gasteiger partial charge in [-0.05, 0) is 24.3 Å². The molecule has 2 aromatic carbocycles. The zero-order chi connectivity index (χ0) is 23.7. The van der Waals surface area contributed by atoms with Crippen LogP contribution < -0.4 is 15.8 Å². The molecule has 1 aromatic heterocycles. The first-order valence-electron chi connectivity index (χ1n) is 10.9. The van der Waals surface area contributed by atoms with E-state index in [-0.39, 0.29) is 28.8 Å². The largest absolute Gasteiger partial charge is 0.365 e. The number of rotatable bonds is 4. The molecule has 8 nitrogen and oxygen atoms in total. The maximum Gasteiger partial charge on any atom is 0.292 e. The number of nitrogens with zero attached hydrogens (tertiary/aromatic N) is 4. The quantitative estimate of drug-likeness (QED) is 0.598. The van der Waals surface area contributed by atoms with Crippen LogP contribution in [0, 0.1) is 0 Å². The number of carbonyl (C=O) groups is 2. The SMILES string of the molecule is O=C1Nc2ccccc2S[C@H]1CC(=O)N1CCN(c2cnn(-c3ccccc3)c(=O)c2Cl)CC1. The van der Waals surface area contributed by atoms with Crippen LogP contribution in [0.15, 0.2) is 70.5 Å². The molecule has 0 saturated carbocycles. The molecular formula is C24H22ClN5O3S. The zero-order valence-electron chi connectivity index (χ0n) is 18.2. The summed E-state index contributed by atoms with van der Waals surface area (Å²) in [6.07, 6.45) is 1.73. The highest BCUT2D eigenvalue weighted by Gasteiger charge is 2.32. The van der Waals surface area contributed by atoms with E-state index >= 15 is 0 Å². The minimum atomic E-state index is -0.454. The third kappa shape index (κ3) is 4.41. The van der Waals surface area contributed by atoms with Crippen LogP contribution in [0.5, 0.6) is 0 Å². The van der Waals surface area contributed by atoms with E-state index in [9.17, 15) is 14.4 Å². The van der Waals surface area contributed by atoms with Crippen molar-refractivity contribution in [2.24, 2.45) is 0 Å². The number of aromatic nitrogens is 2. The monoisotopic (exact) mass is 495 g/mol. The van der Waals surface area contributed by atoms with Gasteiger partial charge in [0.05, 0.1) is 28.5 Å². The summed E-state index contributed by atoms with van der Waals surface area (Å²) in [5.74, 6) is -0.206. The number of amides is 2. The molecule has 0 bridgehead atoms. The topological polar surface area (TPSA) is 87.5 Å². The second-order valence-corrected chi connectivity index (χ2v) is 9.68. The molecule has 1 saturated heterocycles. The van der Waals surface area contributed by atoms with Crippen molar-refractivity contribution in [1.29, 1.82) is 0 Å². The number of hydrogen-bond donors (Lipinski definition) is 1. The third-order valence-corrected chi connectivity index (χ3v) is 7.57. The summed E-state index contributed by atoms with van der Waals surface area (Å²) >= 11 is 7.85. The van der Waals surface area contributed by atoms with Crippen LogP contribution in [0.25, 0.3) is 5.69 Å². The first-order chi connectivity index (χ1) is 16.5. The van der Waals surface area contributed by atoms with Crippen LogP contribution in [0.4, 0.5) is 11.4 Å². The Bertz CT molecular complexity index is 1290. The van der Waals surface area contributed by atoms with Gasteiger partial charge in [-0.2, -0.15) is 9.78 Å². The summed E-state index contributed by atoms with van der Waals surface area (Å²) in [6, 6.07) is 16.7. The number of halogens is 1. The van der Waals surface area contributed by atoms with Gasteiger partial charge in [0, 0.05) is 37.5 Å². The minimum Gasteiger partial charge on any atom is -0.365 e. The number of piperazine rings is 1. The van der Waals surface area contributed by atoms with E-state index in [0.29, 0.717) is 37.6 Å². The molecule has 1 N–H and O–H groups in total. The van der Waals surface area contributed by atoms with Crippen LogP contribution in [0.1, 0.15) is 6.42 Å². The van der Waals surface area contributed by atoms with Gasteiger partial charge in [-0.25, -0.2) is 0 Å². The van der Waals surface area contributed by atoms with Gasteiger partial charge in [-0.1, -0.05) is 41.9 Å². The first-order valence-corrected chi connectivity index (χ1v) is 12.2. The molecule has 0 unspecified atom stereocenters. The normalized spacial score (nSPS) is 17.8. The number of nitrogens with one attached hydrogen (secondary N) is 1. The highest BCUT2D eigenvalue weighted by molar-refractivity contribution is 8.01. The molecule has 2 aliphatic rings. The molecule has 1 atom stereocenters. The lowest BCUT2D eigenvalue weighted by Crippen LogP contribution is -2.50. The lowest BCUT2D eigenvalue weighted by molar-refractivity contribution is -0.132. The van der Waals surface area contributed by atoms with E-state index in [1.165, 1.54) is 16.4 Å². The van der Waals surface area contributed by atoms with Crippen LogP contribution >= 0.6 is 23.4 Å². The lowest BCUT2D eigenvalue weighted by atomic mass is 10.2. The van der Waals surface area contributed by atoms with Gasteiger partial charge in [-0.15, -0.1) is 11.8 Å². The zero-order valence-corrected chi connectivity index (χ0v) is 19.8. The molecule has 174 valence electrons. The summed E-state index contributed by atoms with van der Waals surface area (Å²) in [4.78, 5) is 42.8. The lowest BCUT2D eigenvalue weighted by Gasteiger charge is -2.36. The van der Waals surface area contributed by atoms with Crippen LogP contribution in [-0.4, -0.2) is 57.9 Å². The Morgan fingerprint density at radius 1 is 1.03 bits per heavy atom. The van der Waals surface area contributed by atoms with Crippen molar-refractivity contribution in [3.63, 3.8) is 0 Å². The number of thioether (sulfide) groups is 1. The van der Waals surface area contributed by atoms with Gasteiger partial charge in [-0.3, -0.25) is 14.4 Å². The van der Waals surface area contributed by atoms with E-state index < -0.39 is 5.25 Å². The smallest absolute Gasteiger partial charge is 0.292 e. The molecule has 0 spiro atoms. The predicted molar refractivity (Wildman–Crippen MR) is 133 cm³/mol. The molecule has 5 rings (SSSR count). The third-order valence-electron chi connectivity index (χ3n) is 5.94. The van der Waals surface area contributed by atoms with Crippen LogP contribution in [-0.2, 0) is 9.59 Å². The first kappa shape index (κ1) is 22.5. The van der Waals surface area contributed by atoms with E-state index in [1.807, 2.05) is 47.4 Å². The molecule has 1 fully saturated rings. The fourth-order valence-electron chi connectivity index (χ4n) is 4.11. The molecule has 10 heteroatoms. The van der Waals surface area contributed by atoms with E-state index in [4.69, 9.17) is 11.6 Å². The summed E-state index contributed by atoms with van der Waals surface area (Å²) in [5.41, 5.74) is 1.60.